The Morgan fingerprint density at radius 2 is 1.78 bits per heavy atom. The van der Waals surface area contributed by atoms with E-state index in [4.69, 9.17) is 0 Å². The number of aryl methyl sites for hydroxylation is 2. The van der Waals surface area contributed by atoms with Crippen molar-refractivity contribution in [3.63, 3.8) is 0 Å². The molecule has 2 aromatic rings. The fraction of sp³-hybridized carbons (Fsp3) is 0.333. The summed E-state index contributed by atoms with van der Waals surface area (Å²) in [6.07, 6.45) is 0. The molecule has 9 heteroatoms. The Morgan fingerprint density at radius 3 is 2.44 bits per heavy atom. The zero-order valence-electron chi connectivity index (χ0n) is 15.0. The second-order valence-electron chi connectivity index (χ2n) is 6.28. The number of nitrogens with zero attached hydrogens (tertiary/aromatic N) is 2. The minimum absolute atomic E-state index is 0.00880. The molecule has 27 heavy (non-hydrogen) atoms. The quantitative estimate of drug-likeness (QED) is 0.531. The van der Waals surface area contributed by atoms with Crippen molar-refractivity contribution in [3.8, 4) is 0 Å². The summed E-state index contributed by atoms with van der Waals surface area (Å²) in [6.45, 7) is 4.78. The zero-order valence-corrected chi connectivity index (χ0v) is 17.5. The molecule has 1 saturated heterocycles. The predicted octanol–water partition coefficient (Wildman–Crippen LogP) is 4.10. The number of nitro benzene ring substituents is 1. The molecule has 3 rings (SSSR count). The van der Waals surface area contributed by atoms with E-state index in [9.17, 15) is 18.5 Å². The van der Waals surface area contributed by atoms with E-state index in [1.165, 1.54) is 34.3 Å². The first-order valence-electron chi connectivity index (χ1n) is 8.40. The van der Waals surface area contributed by atoms with Gasteiger partial charge in [0.25, 0.3) is 5.69 Å². The highest BCUT2D eigenvalue weighted by molar-refractivity contribution is 8.00. The summed E-state index contributed by atoms with van der Waals surface area (Å²) in [4.78, 5) is 12.1. The van der Waals surface area contributed by atoms with Crippen LogP contribution in [0.4, 0.5) is 5.69 Å². The first-order chi connectivity index (χ1) is 12.8. The van der Waals surface area contributed by atoms with Crippen LogP contribution in [0.1, 0.15) is 11.1 Å². The number of hydrogen-bond donors (Lipinski definition) is 0. The largest absolute Gasteiger partial charge is 0.270 e. The fourth-order valence-electron chi connectivity index (χ4n) is 2.76. The van der Waals surface area contributed by atoms with Gasteiger partial charge in [0.2, 0.25) is 10.0 Å². The highest BCUT2D eigenvalue weighted by Crippen LogP contribution is 2.38. The number of benzene rings is 2. The van der Waals surface area contributed by atoms with E-state index in [-0.39, 0.29) is 10.6 Å². The molecule has 1 fully saturated rings. The Balaban J connectivity index is 2.08. The maximum absolute atomic E-state index is 13.2. The molecule has 1 aliphatic rings. The maximum Gasteiger partial charge on any atom is 0.270 e. The van der Waals surface area contributed by atoms with Crippen LogP contribution in [0.5, 0.6) is 0 Å². The van der Waals surface area contributed by atoms with Gasteiger partial charge in [-0.25, -0.2) is 8.42 Å². The number of sulfonamides is 1. The van der Waals surface area contributed by atoms with E-state index in [1.54, 1.807) is 11.8 Å². The minimum atomic E-state index is -3.80. The first kappa shape index (κ1) is 20.2. The second-order valence-corrected chi connectivity index (χ2v) is 10.5. The van der Waals surface area contributed by atoms with Crippen molar-refractivity contribution in [1.29, 1.82) is 0 Å². The summed E-state index contributed by atoms with van der Waals surface area (Å²) >= 11 is 3.04. The molecule has 0 aliphatic carbocycles. The van der Waals surface area contributed by atoms with Gasteiger partial charge < -0.3 is 0 Å². The van der Waals surface area contributed by atoms with Gasteiger partial charge in [0, 0.05) is 46.5 Å². The summed E-state index contributed by atoms with van der Waals surface area (Å²) in [7, 11) is -3.80. The van der Waals surface area contributed by atoms with Gasteiger partial charge in [-0.3, -0.25) is 10.1 Å². The standard InChI is InChI=1S/C18H20N2O4S3/c1-13-3-4-14(2)17(11-13)26-16-6-5-15(20(21)22)12-18(16)27(23,24)19-7-9-25-10-8-19/h3-6,11-12H,7-10H2,1-2H3. The van der Waals surface area contributed by atoms with E-state index in [2.05, 4.69) is 0 Å². The lowest BCUT2D eigenvalue weighted by Crippen LogP contribution is -2.38. The molecule has 0 unspecified atom stereocenters. The van der Waals surface area contributed by atoms with Gasteiger partial charge in [-0.15, -0.1) is 0 Å². The molecule has 2 aromatic carbocycles. The van der Waals surface area contributed by atoms with Crippen molar-refractivity contribution in [2.75, 3.05) is 24.6 Å². The lowest BCUT2D eigenvalue weighted by atomic mass is 10.2. The zero-order chi connectivity index (χ0) is 19.6. The Kier molecular flexibility index (Phi) is 6.15. The van der Waals surface area contributed by atoms with E-state index in [1.807, 2.05) is 32.0 Å². The lowest BCUT2D eigenvalue weighted by Gasteiger charge is -2.26. The molecule has 144 valence electrons. The van der Waals surface area contributed by atoms with Crippen LogP contribution in [0.25, 0.3) is 0 Å². The SMILES string of the molecule is Cc1ccc(C)c(Sc2ccc([N+](=O)[O-])cc2S(=O)(=O)N2CCSCC2)c1. The number of nitro groups is 1. The number of rotatable bonds is 5. The molecule has 1 heterocycles. The predicted molar refractivity (Wildman–Crippen MR) is 109 cm³/mol. The molecular weight excluding hydrogens is 404 g/mol. The highest BCUT2D eigenvalue weighted by atomic mass is 32.2. The lowest BCUT2D eigenvalue weighted by molar-refractivity contribution is -0.385. The van der Waals surface area contributed by atoms with Gasteiger partial charge in [-0.2, -0.15) is 16.1 Å². The third kappa shape index (κ3) is 4.48. The number of non-ortho nitro benzene ring substituents is 1. The summed E-state index contributed by atoms with van der Waals surface area (Å²) in [6, 6.07) is 10.1. The number of thioether (sulfide) groups is 1. The molecule has 0 amide bonds. The average Bonchev–Trinajstić information content (AvgIpc) is 2.65. The van der Waals surface area contributed by atoms with Gasteiger partial charge in [-0.1, -0.05) is 23.9 Å². The van der Waals surface area contributed by atoms with E-state index >= 15 is 0 Å². The van der Waals surface area contributed by atoms with Gasteiger partial charge >= 0.3 is 0 Å². The Labute approximate surface area is 167 Å². The van der Waals surface area contributed by atoms with Crippen LogP contribution in [0.2, 0.25) is 0 Å². The molecular formula is C18H20N2O4S3. The Hall–Kier alpha value is -1.55. The van der Waals surface area contributed by atoms with Gasteiger partial charge in [-0.05, 0) is 37.1 Å². The average molecular weight is 425 g/mol. The summed E-state index contributed by atoms with van der Waals surface area (Å²) < 4.78 is 27.8. The molecule has 0 aromatic heterocycles. The number of hydrogen-bond acceptors (Lipinski definition) is 6. The summed E-state index contributed by atoms with van der Waals surface area (Å²) in [5.74, 6) is 1.46. The molecule has 0 atom stereocenters. The fourth-order valence-corrected chi connectivity index (χ4v) is 6.87. The van der Waals surface area contributed by atoms with Crippen molar-refractivity contribution in [2.45, 2.75) is 28.5 Å². The van der Waals surface area contributed by atoms with Crippen molar-refractivity contribution in [3.05, 3.63) is 57.6 Å². The van der Waals surface area contributed by atoms with Crippen molar-refractivity contribution >= 4 is 39.2 Å². The third-order valence-corrected chi connectivity index (χ3v) is 8.54. The molecule has 0 saturated carbocycles. The monoisotopic (exact) mass is 424 g/mol. The van der Waals surface area contributed by atoms with E-state index in [0.29, 0.717) is 18.0 Å². The summed E-state index contributed by atoms with van der Waals surface area (Å²) in [5.41, 5.74) is 1.88. The Morgan fingerprint density at radius 1 is 1.07 bits per heavy atom. The summed E-state index contributed by atoms with van der Waals surface area (Å²) in [5, 5.41) is 11.2. The normalized spacial score (nSPS) is 15.6. The second kappa shape index (κ2) is 8.22. The van der Waals surface area contributed by atoms with Gasteiger partial charge in [0.05, 0.1) is 4.92 Å². The van der Waals surface area contributed by atoms with E-state index in [0.717, 1.165) is 27.5 Å². The van der Waals surface area contributed by atoms with E-state index < -0.39 is 14.9 Å². The molecule has 0 bridgehead atoms. The van der Waals surface area contributed by atoms with Crippen LogP contribution < -0.4 is 0 Å². The van der Waals surface area contributed by atoms with Gasteiger partial charge in [0.15, 0.2) is 0 Å². The molecule has 1 aliphatic heterocycles. The van der Waals surface area contributed by atoms with Crippen LogP contribution in [0.15, 0.2) is 51.1 Å². The minimum Gasteiger partial charge on any atom is -0.258 e. The first-order valence-corrected chi connectivity index (χ1v) is 11.8. The molecule has 0 radical (unpaired) electrons. The topological polar surface area (TPSA) is 80.5 Å². The van der Waals surface area contributed by atoms with Crippen LogP contribution >= 0.6 is 23.5 Å². The highest BCUT2D eigenvalue weighted by Gasteiger charge is 2.30. The molecule has 6 nitrogen and oxygen atoms in total. The van der Waals surface area contributed by atoms with Crippen LogP contribution in [-0.2, 0) is 10.0 Å². The van der Waals surface area contributed by atoms with Crippen molar-refractivity contribution < 1.29 is 13.3 Å². The van der Waals surface area contributed by atoms with Gasteiger partial charge in [0.1, 0.15) is 4.90 Å². The van der Waals surface area contributed by atoms with Crippen LogP contribution in [0.3, 0.4) is 0 Å². The molecule has 0 spiro atoms. The molecule has 0 N–H and O–H groups in total. The maximum atomic E-state index is 13.2. The van der Waals surface area contributed by atoms with Crippen molar-refractivity contribution in [2.24, 2.45) is 0 Å². The third-order valence-electron chi connectivity index (χ3n) is 4.29. The van der Waals surface area contributed by atoms with Crippen molar-refractivity contribution in [1.82, 2.24) is 4.31 Å². The Bertz CT molecular complexity index is 971. The smallest absolute Gasteiger partial charge is 0.258 e. The van der Waals surface area contributed by atoms with Crippen LogP contribution in [0, 0.1) is 24.0 Å². The van der Waals surface area contributed by atoms with Crippen LogP contribution in [-0.4, -0.2) is 42.2 Å².